The second-order valence-corrected chi connectivity index (χ2v) is 10.7. The average molecular weight is 496 g/mol. The Morgan fingerprint density at radius 3 is 2.26 bits per heavy atom. The molecule has 0 radical (unpaired) electrons. The second-order valence-electron chi connectivity index (χ2n) is 8.69. The van der Waals surface area contributed by atoms with Crippen molar-refractivity contribution in [2.24, 2.45) is 5.73 Å². The topological polar surface area (TPSA) is 165 Å². The Kier molecular flexibility index (Phi) is 6.52. The number of rotatable bonds is 4. The van der Waals surface area contributed by atoms with Gasteiger partial charge < -0.3 is 20.5 Å². The highest BCUT2D eigenvalue weighted by molar-refractivity contribution is 7.88. The van der Waals surface area contributed by atoms with Crippen LogP contribution in [-0.2, 0) is 23.1 Å². The lowest BCUT2D eigenvalue weighted by Crippen LogP contribution is -2.42. The number of nitrogens with two attached hydrogens (primary N) is 1. The van der Waals surface area contributed by atoms with Crippen molar-refractivity contribution in [3.8, 4) is 12.1 Å². The van der Waals surface area contributed by atoms with Gasteiger partial charge in [-0.1, -0.05) is 0 Å². The zero-order valence-corrected chi connectivity index (χ0v) is 20.0. The lowest BCUT2D eigenvalue weighted by atomic mass is 9.91. The summed E-state index contributed by atoms with van der Waals surface area (Å²) in [6.07, 6.45) is 2.22. The molecule has 2 aliphatic heterocycles. The number of nitriles is 2. The maximum absolute atomic E-state index is 12.9. The smallest absolute Gasteiger partial charge is 0.322 e. The number of urea groups is 1. The van der Waals surface area contributed by atoms with Crippen LogP contribution in [0.2, 0.25) is 0 Å². The van der Waals surface area contributed by atoms with Crippen molar-refractivity contribution < 1.29 is 18.0 Å². The fourth-order valence-corrected chi connectivity index (χ4v) is 5.73. The molecular weight excluding hydrogens is 470 g/mol. The number of hydrogen-bond donors (Lipinski definition) is 2. The summed E-state index contributed by atoms with van der Waals surface area (Å²) in [6, 6.07) is 10.2. The molecule has 3 amide bonds. The molecule has 182 valence electrons. The molecule has 2 aliphatic rings. The van der Waals surface area contributed by atoms with E-state index in [1.807, 2.05) is 10.6 Å². The second kappa shape index (κ2) is 9.41. The van der Waals surface area contributed by atoms with E-state index in [1.54, 1.807) is 24.3 Å². The fourth-order valence-electron chi connectivity index (χ4n) is 4.86. The highest BCUT2D eigenvalue weighted by Gasteiger charge is 2.36. The van der Waals surface area contributed by atoms with E-state index in [9.17, 15) is 23.3 Å². The normalized spacial score (nSPS) is 16.7. The predicted molar refractivity (Wildman–Crippen MR) is 127 cm³/mol. The number of nitrogens with one attached hydrogen (secondary N) is 1. The van der Waals surface area contributed by atoms with Gasteiger partial charge in [0.05, 0.1) is 41.3 Å². The van der Waals surface area contributed by atoms with E-state index >= 15 is 0 Å². The first-order chi connectivity index (χ1) is 16.6. The summed E-state index contributed by atoms with van der Waals surface area (Å²) in [5.74, 6) is -0.840. The molecule has 11 nitrogen and oxygen atoms in total. The lowest BCUT2D eigenvalue weighted by Gasteiger charge is -2.34. The maximum atomic E-state index is 12.9. The van der Waals surface area contributed by atoms with Crippen LogP contribution < -0.4 is 11.1 Å². The number of carbonyl (C=O) groups is 2. The van der Waals surface area contributed by atoms with E-state index in [1.165, 1.54) is 15.5 Å². The summed E-state index contributed by atoms with van der Waals surface area (Å²) in [7, 11) is -3.30. The minimum absolute atomic E-state index is 0.0945. The van der Waals surface area contributed by atoms with Crippen LogP contribution in [0.1, 0.15) is 51.6 Å². The van der Waals surface area contributed by atoms with Crippen LogP contribution in [-0.4, -0.2) is 60.0 Å². The molecule has 1 saturated heterocycles. The van der Waals surface area contributed by atoms with E-state index in [2.05, 4.69) is 11.4 Å². The van der Waals surface area contributed by atoms with Gasteiger partial charge in [0.25, 0.3) is 5.91 Å². The zero-order valence-electron chi connectivity index (χ0n) is 19.2. The standard InChI is InChI=1S/C23H25N7O4S/c1-35(33,34)29-8-6-16(7-9-29)21-18(13-25)20(22(26)31)19-14-28(10-11-30(19)21)23(32)27-17-4-2-15(12-24)3-5-17/h2-5,16H,6-11,14H2,1H3,(H2,26,31)(H,27,32). The third kappa shape index (κ3) is 4.71. The van der Waals surface area contributed by atoms with Crippen LogP contribution in [0.25, 0.3) is 0 Å². The minimum Gasteiger partial charge on any atom is -0.366 e. The SMILES string of the molecule is CS(=O)(=O)N1CCC(c2c(C#N)c(C(N)=O)c3n2CCN(C(=O)Nc2ccc(C#N)cc2)C3)CC1. The van der Waals surface area contributed by atoms with E-state index in [4.69, 9.17) is 11.0 Å². The van der Waals surface area contributed by atoms with Gasteiger partial charge in [-0.3, -0.25) is 4.79 Å². The summed E-state index contributed by atoms with van der Waals surface area (Å²) in [5.41, 5.74) is 8.20. The molecule has 0 atom stereocenters. The Bertz CT molecular complexity index is 1360. The van der Waals surface area contributed by atoms with E-state index in [0.29, 0.717) is 61.7 Å². The number of hydrogen-bond acceptors (Lipinski definition) is 6. The van der Waals surface area contributed by atoms with Crippen molar-refractivity contribution in [2.75, 3.05) is 31.2 Å². The number of sulfonamides is 1. The summed E-state index contributed by atoms with van der Waals surface area (Å²) in [6.45, 7) is 1.48. The van der Waals surface area contributed by atoms with Crippen molar-refractivity contribution in [3.63, 3.8) is 0 Å². The molecule has 4 rings (SSSR count). The van der Waals surface area contributed by atoms with Gasteiger partial charge in [-0.05, 0) is 37.1 Å². The molecule has 2 aromatic rings. The first-order valence-electron chi connectivity index (χ1n) is 11.1. The predicted octanol–water partition coefficient (Wildman–Crippen LogP) is 1.52. The molecule has 1 aromatic heterocycles. The zero-order chi connectivity index (χ0) is 25.3. The highest BCUT2D eigenvalue weighted by atomic mass is 32.2. The van der Waals surface area contributed by atoms with Gasteiger partial charge in [-0.15, -0.1) is 0 Å². The molecule has 0 unspecified atom stereocenters. The van der Waals surface area contributed by atoms with Crippen molar-refractivity contribution >= 4 is 27.6 Å². The van der Waals surface area contributed by atoms with Crippen molar-refractivity contribution in [1.29, 1.82) is 10.5 Å². The Balaban J connectivity index is 1.60. The van der Waals surface area contributed by atoms with Gasteiger partial charge in [-0.25, -0.2) is 17.5 Å². The highest BCUT2D eigenvalue weighted by Crippen LogP contribution is 2.37. The van der Waals surface area contributed by atoms with Gasteiger partial charge in [-0.2, -0.15) is 10.5 Å². The molecule has 0 saturated carbocycles. The van der Waals surface area contributed by atoms with E-state index < -0.39 is 15.9 Å². The molecule has 1 fully saturated rings. The van der Waals surface area contributed by atoms with Gasteiger partial charge in [0.15, 0.2) is 0 Å². The number of nitrogens with zero attached hydrogens (tertiary/aromatic N) is 5. The number of fused-ring (bicyclic) bond motifs is 1. The number of piperidine rings is 1. The number of carbonyl (C=O) groups excluding carboxylic acids is 2. The van der Waals surface area contributed by atoms with Gasteiger partial charge in [0, 0.05) is 43.5 Å². The summed E-state index contributed by atoms with van der Waals surface area (Å²) in [4.78, 5) is 26.8. The number of anilines is 1. The first-order valence-corrected chi connectivity index (χ1v) is 12.9. The summed E-state index contributed by atoms with van der Waals surface area (Å²) < 4.78 is 27.1. The van der Waals surface area contributed by atoms with E-state index in [0.717, 1.165) is 0 Å². The van der Waals surface area contributed by atoms with Crippen molar-refractivity contribution in [3.05, 3.63) is 52.3 Å². The third-order valence-corrected chi connectivity index (χ3v) is 7.87. The van der Waals surface area contributed by atoms with Crippen LogP contribution in [0, 0.1) is 22.7 Å². The van der Waals surface area contributed by atoms with Crippen LogP contribution >= 0.6 is 0 Å². The molecule has 12 heteroatoms. The van der Waals surface area contributed by atoms with Gasteiger partial charge in [0.1, 0.15) is 6.07 Å². The minimum atomic E-state index is -3.30. The lowest BCUT2D eigenvalue weighted by molar-refractivity contribution is 0.0996. The Morgan fingerprint density at radius 1 is 1.06 bits per heavy atom. The number of primary amides is 1. The largest absolute Gasteiger partial charge is 0.366 e. The van der Waals surface area contributed by atoms with Crippen LogP contribution in [0.5, 0.6) is 0 Å². The van der Waals surface area contributed by atoms with Crippen molar-refractivity contribution in [2.45, 2.75) is 31.8 Å². The van der Waals surface area contributed by atoms with Crippen LogP contribution in [0.4, 0.5) is 10.5 Å². The molecule has 35 heavy (non-hydrogen) atoms. The average Bonchev–Trinajstić information content (AvgIpc) is 3.17. The molecule has 0 aliphatic carbocycles. The number of aromatic nitrogens is 1. The number of amides is 3. The third-order valence-electron chi connectivity index (χ3n) is 6.57. The quantitative estimate of drug-likeness (QED) is 0.652. The molecule has 1 aromatic carbocycles. The molecular formula is C23H25N7O4S. The van der Waals surface area contributed by atoms with E-state index in [-0.39, 0.29) is 29.6 Å². The first kappa shape index (κ1) is 24.3. The fraction of sp³-hybridized carbons (Fsp3) is 0.391. The van der Waals surface area contributed by atoms with Crippen molar-refractivity contribution in [1.82, 2.24) is 13.8 Å². The Labute approximate surface area is 203 Å². The monoisotopic (exact) mass is 495 g/mol. The summed E-state index contributed by atoms with van der Waals surface area (Å²) >= 11 is 0. The number of benzene rings is 1. The maximum Gasteiger partial charge on any atom is 0.322 e. The Hall–Kier alpha value is -3.87. The van der Waals surface area contributed by atoms with Crippen LogP contribution in [0.15, 0.2) is 24.3 Å². The molecule has 3 N–H and O–H groups in total. The summed E-state index contributed by atoms with van der Waals surface area (Å²) in [5, 5.41) is 21.6. The van der Waals surface area contributed by atoms with Gasteiger partial charge >= 0.3 is 6.03 Å². The molecule has 0 bridgehead atoms. The molecule has 3 heterocycles. The Morgan fingerprint density at radius 2 is 1.71 bits per heavy atom. The van der Waals surface area contributed by atoms with Crippen LogP contribution in [0.3, 0.4) is 0 Å². The van der Waals surface area contributed by atoms with Gasteiger partial charge in [0.2, 0.25) is 10.0 Å². The molecule has 0 spiro atoms.